The average Bonchev–Trinajstić information content (AvgIpc) is 2.68. The summed E-state index contributed by atoms with van der Waals surface area (Å²) in [6.07, 6.45) is 4.45. The maximum atomic E-state index is 9.32. The van der Waals surface area contributed by atoms with Gasteiger partial charge in [-0.2, -0.15) is 5.26 Å². The highest BCUT2D eigenvalue weighted by Gasteiger charge is 2.20. The Kier molecular flexibility index (Phi) is 3.16. The molecule has 4 heteroatoms. The van der Waals surface area contributed by atoms with Crippen molar-refractivity contribution in [1.82, 2.24) is 10.3 Å². The van der Waals surface area contributed by atoms with Crippen molar-refractivity contribution in [2.24, 2.45) is 0 Å². The Morgan fingerprint density at radius 3 is 3.06 bits per heavy atom. The first-order valence-corrected chi connectivity index (χ1v) is 6.77. The van der Waals surface area contributed by atoms with Crippen molar-refractivity contribution >= 4 is 5.82 Å². The smallest absolute Gasteiger partial charge is 0.146 e. The molecule has 2 aliphatic rings. The predicted molar refractivity (Wildman–Crippen MR) is 70.7 cm³/mol. The van der Waals surface area contributed by atoms with Crippen molar-refractivity contribution in [1.29, 1.82) is 5.26 Å². The number of anilines is 1. The van der Waals surface area contributed by atoms with Gasteiger partial charge in [0.1, 0.15) is 11.9 Å². The highest BCUT2D eigenvalue weighted by Crippen LogP contribution is 2.27. The van der Waals surface area contributed by atoms with Crippen LogP contribution in [0.3, 0.4) is 0 Å². The molecule has 1 aromatic heterocycles. The minimum Gasteiger partial charge on any atom is -0.354 e. The van der Waals surface area contributed by atoms with Crippen LogP contribution in [-0.2, 0) is 12.8 Å². The van der Waals surface area contributed by atoms with E-state index in [9.17, 15) is 5.26 Å². The first-order chi connectivity index (χ1) is 8.88. The van der Waals surface area contributed by atoms with Crippen LogP contribution in [0.4, 0.5) is 5.82 Å². The number of nitrogens with one attached hydrogen (secondary N) is 1. The molecule has 0 unspecified atom stereocenters. The molecule has 4 nitrogen and oxygen atoms in total. The molecule has 0 bridgehead atoms. The summed E-state index contributed by atoms with van der Waals surface area (Å²) in [6, 6.07) is 4.38. The second-order valence-corrected chi connectivity index (χ2v) is 5.02. The summed E-state index contributed by atoms with van der Waals surface area (Å²) in [4.78, 5) is 7.03. The van der Waals surface area contributed by atoms with E-state index in [1.165, 1.54) is 17.7 Å². The van der Waals surface area contributed by atoms with Crippen LogP contribution in [0.2, 0.25) is 0 Å². The molecule has 0 spiro atoms. The highest BCUT2D eigenvalue weighted by molar-refractivity contribution is 5.57. The molecule has 1 N–H and O–H groups in total. The average molecular weight is 242 g/mol. The third kappa shape index (κ3) is 2.06. The summed E-state index contributed by atoms with van der Waals surface area (Å²) in [6.45, 7) is 3.97. The number of nitrogens with zero attached hydrogens (tertiary/aromatic N) is 3. The maximum absolute atomic E-state index is 9.32. The third-order valence-electron chi connectivity index (χ3n) is 3.79. The van der Waals surface area contributed by atoms with Crippen LogP contribution in [0.15, 0.2) is 6.07 Å². The summed E-state index contributed by atoms with van der Waals surface area (Å²) < 4.78 is 0. The molecule has 0 aromatic carbocycles. The molecule has 3 rings (SSSR count). The van der Waals surface area contributed by atoms with Crippen molar-refractivity contribution < 1.29 is 0 Å². The molecule has 0 amide bonds. The zero-order valence-corrected chi connectivity index (χ0v) is 10.6. The van der Waals surface area contributed by atoms with Crippen LogP contribution >= 0.6 is 0 Å². The lowest BCUT2D eigenvalue weighted by Crippen LogP contribution is -2.29. The molecule has 18 heavy (non-hydrogen) atoms. The third-order valence-corrected chi connectivity index (χ3v) is 3.79. The summed E-state index contributed by atoms with van der Waals surface area (Å²) in [5.41, 5.74) is 3.24. The zero-order valence-electron chi connectivity index (χ0n) is 10.6. The van der Waals surface area contributed by atoms with Crippen LogP contribution in [0.25, 0.3) is 0 Å². The molecule has 0 atom stereocenters. The lowest BCUT2D eigenvalue weighted by atomic mass is 10.1. The molecule has 0 radical (unpaired) electrons. The van der Waals surface area contributed by atoms with E-state index in [-0.39, 0.29) is 0 Å². The highest BCUT2D eigenvalue weighted by atomic mass is 15.2. The van der Waals surface area contributed by atoms with Gasteiger partial charge in [-0.15, -0.1) is 0 Å². The summed E-state index contributed by atoms with van der Waals surface area (Å²) in [5.74, 6) is 0.904. The largest absolute Gasteiger partial charge is 0.354 e. The van der Waals surface area contributed by atoms with Gasteiger partial charge in [-0.05, 0) is 43.9 Å². The maximum Gasteiger partial charge on any atom is 0.146 e. The van der Waals surface area contributed by atoms with Crippen LogP contribution in [0.5, 0.6) is 0 Å². The zero-order chi connectivity index (χ0) is 12.4. The Balaban J connectivity index is 1.97. The van der Waals surface area contributed by atoms with Gasteiger partial charge in [0.15, 0.2) is 0 Å². The molecule has 1 aliphatic carbocycles. The van der Waals surface area contributed by atoms with Crippen molar-refractivity contribution in [2.45, 2.75) is 25.7 Å². The second-order valence-electron chi connectivity index (χ2n) is 5.02. The fraction of sp³-hybridized carbons (Fsp3) is 0.571. The topological polar surface area (TPSA) is 52.0 Å². The quantitative estimate of drug-likeness (QED) is 0.805. The Labute approximate surface area is 108 Å². The number of rotatable bonds is 1. The SMILES string of the molecule is N#Cc1cc2c(nc1N1CCCNCC1)CCC2. The first-order valence-electron chi connectivity index (χ1n) is 6.77. The molecule has 0 saturated carbocycles. The van der Waals surface area contributed by atoms with Gasteiger partial charge in [-0.25, -0.2) is 4.98 Å². The van der Waals surface area contributed by atoms with Gasteiger partial charge in [-0.1, -0.05) is 0 Å². The minimum atomic E-state index is 0.748. The van der Waals surface area contributed by atoms with Gasteiger partial charge >= 0.3 is 0 Å². The van der Waals surface area contributed by atoms with Gasteiger partial charge in [0.2, 0.25) is 0 Å². The standard InChI is InChI=1S/C14H18N4/c15-10-12-9-11-3-1-4-13(11)17-14(12)18-7-2-5-16-6-8-18/h9,16H,1-8H2. The van der Waals surface area contributed by atoms with Crippen LogP contribution < -0.4 is 10.2 Å². The van der Waals surface area contributed by atoms with Crippen LogP contribution in [-0.4, -0.2) is 31.2 Å². The van der Waals surface area contributed by atoms with Crippen molar-refractivity contribution in [2.75, 3.05) is 31.1 Å². The summed E-state index contributed by atoms with van der Waals surface area (Å²) in [5, 5.41) is 12.7. The van der Waals surface area contributed by atoms with E-state index in [4.69, 9.17) is 4.98 Å². The van der Waals surface area contributed by atoms with Gasteiger partial charge in [0.25, 0.3) is 0 Å². The molecule has 2 heterocycles. The van der Waals surface area contributed by atoms with Gasteiger partial charge in [0, 0.05) is 25.3 Å². The Morgan fingerprint density at radius 2 is 2.17 bits per heavy atom. The van der Waals surface area contributed by atoms with E-state index in [2.05, 4.69) is 22.4 Å². The molecule has 94 valence electrons. The van der Waals surface area contributed by atoms with E-state index < -0.39 is 0 Å². The molecule has 1 fully saturated rings. The number of hydrogen-bond donors (Lipinski definition) is 1. The predicted octanol–water partition coefficient (Wildman–Crippen LogP) is 1.24. The summed E-state index contributed by atoms with van der Waals surface area (Å²) >= 11 is 0. The normalized spacial score (nSPS) is 19.2. The monoisotopic (exact) mass is 242 g/mol. The number of aromatic nitrogens is 1. The first kappa shape index (κ1) is 11.5. The fourth-order valence-corrected chi connectivity index (χ4v) is 2.84. The second kappa shape index (κ2) is 4.95. The van der Waals surface area contributed by atoms with E-state index in [1.807, 2.05) is 0 Å². The Morgan fingerprint density at radius 1 is 1.22 bits per heavy atom. The number of hydrogen-bond acceptors (Lipinski definition) is 4. The van der Waals surface area contributed by atoms with E-state index >= 15 is 0 Å². The fourth-order valence-electron chi connectivity index (χ4n) is 2.84. The van der Waals surface area contributed by atoms with Crippen molar-refractivity contribution in [3.63, 3.8) is 0 Å². The molecule has 1 aromatic rings. The number of fused-ring (bicyclic) bond motifs is 1. The van der Waals surface area contributed by atoms with Crippen LogP contribution in [0.1, 0.15) is 29.7 Å². The van der Waals surface area contributed by atoms with Gasteiger partial charge in [0.05, 0.1) is 5.56 Å². The number of nitriles is 1. The van der Waals surface area contributed by atoms with Crippen molar-refractivity contribution in [3.8, 4) is 6.07 Å². The molecular formula is C14H18N4. The van der Waals surface area contributed by atoms with Gasteiger partial charge < -0.3 is 10.2 Å². The van der Waals surface area contributed by atoms with E-state index in [1.54, 1.807) is 0 Å². The van der Waals surface area contributed by atoms with E-state index in [0.717, 1.165) is 56.8 Å². The lowest BCUT2D eigenvalue weighted by Gasteiger charge is -2.22. The van der Waals surface area contributed by atoms with E-state index in [0.29, 0.717) is 0 Å². The molecular weight excluding hydrogens is 224 g/mol. The Hall–Kier alpha value is -1.60. The van der Waals surface area contributed by atoms with Gasteiger partial charge in [-0.3, -0.25) is 0 Å². The van der Waals surface area contributed by atoms with Crippen LogP contribution in [0, 0.1) is 11.3 Å². The lowest BCUT2D eigenvalue weighted by molar-refractivity contribution is 0.724. The summed E-state index contributed by atoms with van der Waals surface area (Å²) in [7, 11) is 0. The number of pyridine rings is 1. The number of aryl methyl sites for hydroxylation is 2. The minimum absolute atomic E-state index is 0.748. The molecule has 1 aliphatic heterocycles. The Bertz CT molecular complexity index is 481. The molecule has 1 saturated heterocycles. The van der Waals surface area contributed by atoms with Crippen molar-refractivity contribution in [3.05, 3.63) is 22.9 Å².